The number of fused-ring (bicyclic) bond motifs is 1. The van der Waals surface area contributed by atoms with Gasteiger partial charge in [-0.15, -0.1) is 0 Å². The highest BCUT2D eigenvalue weighted by molar-refractivity contribution is 6.13. The number of hydrogen-bond acceptors (Lipinski definition) is 3. The van der Waals surface area contributed by atoms with E-state index in [4.69, 9.17) is 5.73 Å². The molecule has 1 aliphatic heterocycles. The molecule has 0 saturated carbocycles. The van der Waals surface area contributed by atoms with Crippen LogP contribution in [0.1, 0.15) is 36.5 Å². The average molecular weight is 359 g/mol. The Morgan fingerprint density at radius 1 is 1.07 bits per heavy atom. The zero-order valence-electron chi connectivity index (χ0n) is 15.6. The predicted molar refractivity (Wildman–Crippen MR) is 113 cm³/mol. The summed E-state index contributed by atoms with van der Waals surface area (Å²) in [5, 5.41) is 5.00. The third-order valence-electron chi connectivity index (χ3n) is 5.43. The van der Waals surface area contributed by atoms with Gasteiger partial charge in [-0.3, -0.25) is 4.79 Å². The molecule has 1 fully saturated rings. The topological polar surface area (TPSA) is 58.4 Å². The van der Waals surface area contributed by atoms with Crippen molar-refractivity contribution in [2.75, 3.05) is 22.5 Å². The maximum Gasteiger partial charge on any atom is 0.256 e. The highest BCUT2D eigenvalue weighted by Gasteiger charge is 2.20. The van der Waals surface area contributed by atoms with Crippen LogP contribution in [0.15, 0.2) is 60.7 Å². The van der Waals surface area contributed by atoms with E-state index in [2.05, 4.69) is 17.1 Å². The molecule has 4 rings (SSSR count). The van der Waals surface area contributed by atoms with E-state index in [1.165, 1.54) is 19.3 Å². The largest absolute Gasteiger partial charge is 0.397 e. The van der Waals surface area contributed by atoms with Crippen molar-refractivity contribution >= 4 is 33.7 Å². The highest BCUT2D eigenvalue weighted by atomic mass is 16.1. The van der Waals surface area contributed by atoms with Crippen molar-refractivity contribution in [3.8, 4) is 0 Å². The van der Waals surface area contributed by atoms with E-state index in [9.17, 15) is 4.79 Å². The summed E-state index contributed by atoms with van der Waals surface area (Å²) in [6.45, 7) is 3.28. The number of anilines is 3. The van der Waals surface area contributed by atoms with Crippen LogP contribution >= 0.6 is 0 Å². The lowest BCUT2D eigenvalue weighted by molar-refractivity contribution is 0.102. The molecular weight excluding hydrogens is 334 g/mol. The maximum absolute atomic E-state index is 12.8. The van der Waals surface area contributed by atoms with Crippen LogP contribution in [0.25, 0.3) is 10.8 Å². The zero-order valence-corrected chi connectivity index (χ0v) is 15.6. The maximum atomic E-state index is 12.8. The molecule has 0 bridgehead atoms. The average Bonchev–Trinajstić information content (AvgIpc) is 2.68. The van der Waals surface area contributed by atoms with Crippen molar-refractivity contribution in [3.63, 3.8) is 0 Å². The summed E-state index contributed by atoms with van der Waals surface area (Å²) in [6, 6.07) is 20.0. The first-order valence-electron chi connectivity index (χ1n) is 9.59. The van der Waals surface area contributed by atoms with Crippen LogP contribution in [0, 0.1) is 0 Å². The Bertz CT molecular complexity index is 977. The molecule has 1 atom stereocenters. The summed E-state index contributed by atoms with van der Waals surface area (Å²) in [7, 11) is 0. The van der Waals surface area contributed by atoms with E-state index >= 15 is 0 Å². The van der Waals surface area contributed by atoms with Gasteiger partial charge in [-0.25, -0.2) is 0 Å². The Hall–Kier alpha value is -3.01. The Labute approximate surface area is 160 Å². The first-order valence-corrected chi connectivity index (χ1v) is 9.59. The molecule has 27 heavy (non-hydrogen) atoms. The second-order valence-corrected chi connectivity index (χ2v) is 7.29. The van der Waals surface area contributed by atoms with Crippen LogP contribution in [-0.4, -0.2) is 18.5 Å². The lowest BCUT2D eigenvalue weighted by Gasteiger charge is -2.36. The van der Waals surface area contributed by atoms with Gasteiger partial charge in [0.05, 0.1) is 11.4 Å². The SMILES string of the molecule is C[C@@H]1CCCCN1c1ccc(NC(=O)c2cccc3ccccc23)cc1N. The summed E-state index contributed by atoms with van der Waals surface area (Å²) < 4.78 is 0. The highest BCUT2D eigenvalue weighted by Crippen LogP contribution is 2.32. The molecular formula is C23H25N3O. The molecule has 1 saturated heterocycles. The van der Waals surface area contributed by atoms with Crippen LogP contribution in [-0.2, 0) is 0 Å². The Kier molecular flexibility index (Phi) is 4.71. The molecule has 0 aliphatic carbocycles. The molecule has 0 aromatic heterocycles. The molecule has 0 unspecified atom stereocenters. The number of rotatable bonds is 3. The summed E-state index contributed by atoms with van der Waals surface area (Å²) in [6.07, 6.45) is 3.67. The van der Waals surface area contributed by atoms with E-state index in [0.717, 1.165) is 28.7 Å². The minimum atomic E-state index is -0.120. The molecule has 3 N–H and O–H groups in total. The van der Waals surface area contributed by atoms with Crippen LogP contribution in [0.2, 0.25) is 0 Å². The number of piperidine rings is 1. The monoisotopic (exact) mass is 359 g/mol. The van der Waals surface area contributed by atoms with Gasteiger partial charge in [0.25, 0.3) is 5.91 Å². The molecule has 3 aromatic rings. The molecule has 1 aliphatic rings. The molecule has 4 nitrogen and oxygen atoms in total. The Morgan fingerprint density at radius 3 is 2.70 bits per heavy atom. The van der Waals surface area contributed by atoms with E-state index in [-0.39, 0.29) is 5.91 Å². The molecule has 3 aromatic carbocycles. The quantitative estimate of drug-likeness (QED) is 0.643. The van der Waals surface area contributed by atoms with Gasteiger partial charge in [0, 0.05) is 23.8 Å². The second-order valence-electron chi connectivity index (χ2n) is 7.29. The van der Waals surface area contributed by atoms with Crippen LogP contribution in [0.5, 0.6) is 0 Å². The number of carbonyl (C=O) groups is 1. The third kappa shape index (κ3) is 3.47. The van der Waals surface area contributed by atoms with E-state index in [1.54, 1.807) is 0 Å². The molecule has 1 heterocycles. The minimum Gasteiger partial charge on any atom is -0.397 e. The normalized spacial score (nSPS) is 17.1. The van der Waals surface area contributed by atoms with Crippen molar-refractivity contribution in [2.45, 2.75) is 32.2 Å². The third-order valence-corrected chi connectivity index (χ3v) is 5.43. The fraction of sp³-hybridized carbons (Fsp3) is 0.261. The predicted octanol–water partition coefficient (Wildman–Crippen LogP) is 5.05. The number of amides is 1. The first-order chi connectivity index (χ1) is 13.1. The number of benzene rings is 3. The van der Waals surface area contributed by atoms with Crippen LogP contribution in [0.4, 0.5) is 17.1 Å². The zero-order chi connectivity index (χ0) is 18.8. The molecule has 1 amide bonds. The van der Waals surface area contributed by atoms with Crippen molar-refractivity contribution in [1.82, 2.24) is 0 Å². The molecule has 0 radical (unpaired) electrons. The lowest BCUT2D eigenvalue weighted by atomic mass is 10.0. The Balaban J connectivity index is 1.57. The number of nitrogens with two attached hydrogens (primary N) is 1. The lowest BCUT2D eigenvalue weighted by Crippen LogP contribution is -2.37. The van der Waals surface area contributed by atoms with Crippen molar-refractivity contribution in [3.05, 3.63) is 66.2 Å². The molecule has 0 spiro atoms. The minimum absolute atomic E-state index is 0.120. The number of hydrogen-bond donors (Lipinski definition) is 2. The van der Waals surface area contributed by atoms with Gasteiger partial charge in [-0.2, -0.15) is 0 Å². The Morgan fingerprint density at radius 2 is 1.89 bits per heavy atom. The van der Waals surface area contributed by atoms with E-state index in [0.29, 0.717) is 17.3 Å². The summed E-state index contributed by atoms with van der Waals surface area (Å²) in [5.41, 5.74) is 9.48. The fourth-order valence-corrected chi connectivity index (χ4v) is 3.97. The van der Waals surface area contributed by atoms with Crippen molar-refractivity contribution in [1.29, 1.82) is 0 Å². The van der Waals surface area contributed by atoms with Gasteiger partial charge < -0.3 is 16.0 Å². The molecule has 4 heteroatoms. The van der Waals surface area contributed by atoms with Gasteiger partial charge in [0.2, 0.25) is 0 Å². The standard InChI is InChI=1S/C23H25N3O/c1-16-7-4-5-14-26(16)22-13-12-18(15-21(22)24)25-23(27)20-11-6-9-17-8-2-3-10-19(17)20/h2-3,6,8-13,15-16H,4-5,7,14,24H2,1H3,(H,25,27)/t16-/m1/s1. The number of nitrogens with zero attached hydrogens (tertiary/aromatic N) is 1. The summed E-state index contributed by atoms with van der Waals surface area (Å²) >= 11 is 0. The fourth-order valence-electron chi connectivity index (χ4n) is 3.97. The molecule has 138 valence electrons. The van der Waals surface area contributed by atoms with Gasteiger partial charge in [0.1, 0.15) is 0 Å². The number of nitrogens with one attached hydrogen (secondary N) is 1. The van der Waals surface area contributed by atoms with Crippen LogP contribution in [0.3, 0.4) is 0 Å². The second kappa shape index (κ2) is 7.31. The van der Waals surface area contributed by atoms with E-state index < -0.39 is 0 Å². The van der Waals surface area contributed by atoms with Gasteiger partial charge in [0.15, 0.2) is 0 Å². The van der Waals surface area contributed by atoms with Crippen molar-refractivity contribution in [2.24, 2.45) is 0 Å². The van der Waals surface area contributed by atoms with Gasteiger partial charge >= 0.3 is 0 Å². The van der Waals surface area contributed by atoms with E-state index in [1.807, 2.05) is 60.7 Å². The summed E-state index contributed by atoms with van der Waals surface area (Å²) in [5.74, 6) is -0.120. The van der Waals surface area contributed by atoms with Gasteiger partial charge in [-0.05, 0) is 61.2 Å². The van der Waals surface area contributed by atoms with Crippen molar-refractivity contribution < 1.29 is 4.79 Å². The van der Waals surface area contributed by atoms with Gasteiger partial charge in [-0.1, -0.05) is 36.4 Å². The van der Waals surface area contributed by atoms with Crippen LogP contribution < -0.4 is 16.0 Å². The summed E-state index contributed by atoms with van der Waals surface area (Å²) in [4.78, 5) is 15.2. The number of carbonyl (C=O) groups excluding carboxylic acids is 1. The smallest absolute Gasteiger partial charge is 0.256 e. The number of nitrogen functional groups attached to an aromatic ring is 1. The first kappa shape index (κ1) is 17.4.